The van der Waals surface area contributed by atoms with Crippen molar-refractivity contribution in [3.8, 4) is 0 Å². The molecule has 1 aliphatic heterocycles. The van der Waals surface area contributed by atoms with Gasteiger partial charge >= 0.3 is 0 Å². The number of amides is 2. The number of carbonyl (C=O) groups is 2. The Balaban J connectivity index is 2.36. The van der Waals surface area contributed by atoms with E-state index in [2.05, 4.69) is 0 Å². The third-order valence-corrected chi connectivity index (χ3v) is 6.61. The van der Waals surface area contributed by atoms with Gasteiger partial charge in [-0.05, 0) is 40.3 Å². The highest BCUT2D eigenvalue weighted by atomic mass is 31.2. The Morgan fingerprint density at radius 3 is 1.70 bits per heavy atom. The van der Waals surface area contributed by atoms with Crippen molar-refractivity contribution in [2.45, 2.75) is 0 Å². The lowest BCUT2D eigenvalue weighted by atomic mass is 10.1. The van der Waals surface area contributed by atoms with Crippen LogP contribution in [0.5, 0.6) is 0 Å². The van der Waals surface area contributed by atoms with Gasteiger partial charge in [0.1, 0.15) is 6.29 Å². The van der Waals surface area contributed by atoms with Crippen molar-refractivity contribution >= 4 is 19.3 Å². The summed E-state index contributed by atoms with van der Waals surface area (Å²) in [5, 5.41) is 0. The van der Waals surface area contributed by atoms with Crippen LogP contribution >= 0.6 is 7.44 Å². The van der Waals surface area contributed by atoms with E-state index >= 15 is 0 Å². The molecular weight excluding hydrogens is 277 g/mol. The SMILES string of the molecule is CN(C)P(=O)(CN1C(=O)c2ccccc2C1=O)N(C)C. The Morgan fingerprint density at radius 1 is 0.950 bits per heavy atom. The molecule has 0 fully saturated rings. The monoisotopic (exact) mass is 295 g/mol. The molecule has 0 saturated heterocycles. The van der Waals surface area contributed by atoms with Gasteiger partial charge in [0.05, 0.1) is 11.1 Å². The van der Waals surface area contributed by atoms with Crippen LogP contribution in [-0.4, -0.2) is 60.5 Å². The zero-order chi connectivity index (χ0) is 15.1. The fourth-order valence-electron chi connectivity index (χ4n) is 2.16. The zero-order valence-corrected chi connectivity index (χ0v) is 12.9. The first-order valence-electron chi connectivity index (χ1n) is 6.19. The summed E-state index contributed by atoms with van der Waals surface area (Å²) >= 11 is 0. The van der Waals surface area contributed by atoms with Crippen LogP contribution in [0.15, 0.2) is 24.3 Å². The van der Waals surface area contributed by atoms with E-state index in [-0.39, 0.29) is 18.1 Å². The first kappa shape index (κ1) is 14.9. The number of rotatable bonds is 4. The second-order valence-electron chi connectivity index (χ2n) is 5.08. The number of nitrogens with zero attached hydrogens (tertiary/aromatic N) is 3. The molecule has 2 rings (SSSR count). The van der Waals surface area contributed by atoms with E-state index in [4.69, 9.17) is 0 Å². The Labute approximate surface area is 118 Å². The normalized spacial score (nSPS) is 15.4. The second-order valence-corrected chi connectivity index (χ2v) is 8.30. The van der Waals surface area contributed by atoms with Crippen LogP contribution < -0.4 is 0 Å². The maximum atomic E-state index is 12.9. The van der Waals surface area contributed by atoms with Crippen LogP contribution in [0.25, 0.3) is 0 Å². The van der Waals surface area contributed by atoms with Crippen molar-refractivity contribution in [3.63, 3.8) is 0 Å². The lowest BCUT2D eigenvalue weighted by molar-refractivity contribution is 0.0676. The van der Waals surface area contributed by atoms with Crippen LogP contribution in [0.1, 0.15) is 20.7 Å². The molecule has 0 aromatic heterocycles. The summed E-state index contributed by atoms with van der Waals surface area (Å²) < 4.78 is 16.0. The molecule has 0 radical (unpaired) electrons. The first-order valence-corrected chi connectivity index (χ1v) is 7.98. The minimum Gasteiger partial charge on any atom is -0.287 e. The topological polar surface area (TPSA) is 60.9 Å². The van der Waals surface area contributed by atoms with Gasteiger partial charge in [0.15, 0.2) is 0 Å². The third kappa shape index (κ3) is 2.20. The van der Waals surface area contributed by atoms with Crippen LogP contribution in [0.2, 0.25) is 0 Å². The van der Waals surface area contributed by atoms with Gasteiger partial charge in [-0.2, -0.15) is 0 Å². The average molecular weight is 295 g/mol. The largest absolute Gasteiger partial charge is 0.287 e. The molecule has 0 saturated carbocycles. The van der Waals surface area contributed by atoms with Gasteiger partial charge in [0.2, 0.25) is 7.44 Å². The molecule has 6 nitrogen and oxygen atoms in total. The molecule has 0 spiro atoms. The average Bonchev–Trinajstić information content (AvgIpc) is 2.64. The molecule has 1 aromatic carbocycles. The molecule has 2 amide bonds. The quantitative estimate of drug-likeness (QED) is 0.623. The lowest BCUT2D eigenvalue weighted by Crippen LogP contribution is -2.36. The molecule has 0 bridgehead atoms. The third-order valence-electron chi connectivity index (χ3n) is 3.45. The van der Waals surface area contributed by atoms with Gasteiger partial charge in [0, 0.05) is 0 Å². The van der Waals surface area contributed by atoms with Gasteiger partial charge in [0.25, 0.3) is 11.8 Å². The van der Waals surface area contributed by atoms with E-state index in [1.165, 1.54) is 0 Å². The fraction of sp³-hybridized carbons (Fsp3) is 0.385. The number of carbonyl (C=O) groups excluding carboxylic acids is 2. The molecule has 7 heteroatoms. The highest BCUT2D eigenvalue weighted by molar-refractivity contribution is 7.59. The zero-order valence-electron chi connectivity index (χ0n) is 12.0. The summed E-state index contributed by atoms with van der Waals surface area (Å²) in [6.45, 7) is 0. The lowest BCUT2D eigenvalue weighted by Gasteiger charge is -2.32. The molecule has 108 valence electrons. The van der Waals surface area contributed by atoms with E-state index < -0.39 is 7.44 Å². The number of imide groups is 1. The van der Waals surface area contributed by atoms with Crippen molar-refractivity contribution in [1.82, 2.24) is 14.2 Å². The summed E-state index contributed by atoms with van der Waals surface area (Å²) in [5.74, 6) is -0.760. The molecule has 0 N–H and O–H groups in total. The van der Waals surface area contributed by atoms with Crippen LogP contribution in [0.3, 0.4) is 0 Å². The smallest absolute Gasteiger partial charge is 0.262 e. The molecule has 1 heterocycles. The number of hydrogen-bond donors (Lipinski definition) is 0. The predicted molar refractivity (Wildman–Crippen MR) is 76.8 cm³/mol. The van der Waals surface area contributed by atoms with Gasteiger partial charge in [-0.1, -0.05) is 12.1 Å². The second kappa shape index (κ2) is 5.13. The fourth-order valence-corrected chi connectivity index (χ4v) is 4.01. The Kier molecular flexibility index (Phi) is 3.82. The number of benzene rings is 1. The molecular formula is C13H18N3O3P. The van der Waals surface area contributed by atoms with Gasteiger partial charge in [-0.25, -0.2) is 9.34 Å². The minimum absolute atomic E-state index is 0.112. The standard InChI is InChI=1S/C13H18N3O3P/c1-14(2)20(19,15(3)4)9-16-12(17)10-7-5-6-8-11(10)13(16)18/h5-8H,9H2,1-4H3. The van der Waals surface area contributed by atoms with Crippen LogP contribution in [-0.2, 0) is 4.57 Å². The summed E-state index contributed by atoms with van der Waals surface area (Å²) in [6, 6.07) is 6.66. The molecule has 0 atom stereocenters. The Bertz CT molecular complexity index is 566. The van der Waals surface area contributed by atoms with Gasteiger partial charge in [-0.3, -0.25) is 19.1 Å². The van der Waals surface area contributed by atoms with Crippen molar-refractivity contribution in [1.29, 1.82) is 0 Å². The summed E-state index contributed by atoms with van der Waals surface area (Å²) in [5.41, 5.74) is 0.753. The summed E-state index contributed by atoms with van der Waals surface area (Å²) in [4.78, 5) is 25.6. The van der Waals surface area contributed by atoms with Gasteiger partial charge in [-0.15, -0.1) is 0 Å². The van der Waals surface area contributed by atoms with E-state index in [9.17, 15) is 14.2 Å². The van der Waals surface area contributed by atoms with Crippen LogP contribution in [0, 0.1) is 0 Å². The molecule has 1 aromatic rings. The van der Waals surface area contributed by atoms with E-state index in [1.54, 1.807) is 61.8 Å². The van der Waals surface area contributed by atoms with Crippen LogP contribution in [0.4, 0.5) is 0 Å². The molecule has 1 aliphatic rings. The minimum atomic E-state index is -2.96. The molecule has 20 heavy (non-hydrogen) atoms. The van der Waals surface area contributed by atoms with Crippen molar-refractivity contribution in [3.05, 3.63) is 35.4 Å². The number of fused-ring (bicyclic) bond motifs is 1. The maximum absolute atomic E-state index is 12.9. The Hall–Kier alpha value is -1.49. The Morgan fingerprint density at radius 2 is 1.35 bits per heavy atom. The molecule has 0 unspecified atom stereocenters. The number of hydrogen-bond acceptors (Lipinski definition) is 3. The van der Waals surface area contributed by atoms with E-state index in [0.717, 1.165) is 4.90 Å². The highest BCUT2D eigenvalue weighted by Gasteiger charge is 2.41. The van der Waals surface area contributed by atoms with Crippen molar-refractivity contribution < 1.29 is 14.2 Å². The summed E-state index contributed by atoms with van der Waals surface area (Å²) in [6.07, 6.45) is -0.112. The highest BCUT2D eigenvalue weighted by Crippen LogP contribution is 2.50. The maximum Gasteiger partial charge on any atom is 0.262 e. The first-order chi connectivity index (χ1) is 9.29. The molecule has 0 aliphatic carbocycles. The van der Waals surface area contributed by atoms with E-state index in [1.807, 2.05) is 0 Å². The van der Waals surface area contributed by atoms with Gasteiger partial charge < -0.3 is 0 Å². The van der Waals surface area contributed by atoms with Crippen molar-refractivity contribution in [2.75, 3.05) is 34.5 Å². The van der Waals surface area contributed by atoms with E-state index in [0.29, 0.717) is 11.1 Å². The summed E-state index contributed by atoms with van der Waals surface area (Å²) in [7, 11) is 3.75. The van der Waals surface area contributed by atoms with Crippen molar-refractivity contribution in [2.24, 2.45) is 0 Å². The predicted octanol–water partition coefficient (Wildman–Crippen LogP) is 1.56.